The summed E-state index contributed by atoms with van der Waals surface area (Å²) in [5.74, 6) is -0.550. The molecule has 0 saturated carbocycles. The maximum atomic E-state index is 14.4. The second-order valence-corrected chi connectivity index (χ2v) is 10.9. The van der Waals surface area contributed by atoms with E-state index in [1.54, 1.807) is 41.0 Å². The molecule has 4 rings (SSSR count). The normalized spacial score (nSPS) is 11.5. The minimum atomic E-state index is -4.14. The van der Waals surface area contributed by atoms with Crippen LogP contribution in [-0.2, 0) is 14.8 Å². The number of para-hydroxylation sites is 1. The molecule has 1 N–H and O–H groups in total. The number of anilines is 1. The highest BCUT2D eigenvalue weighted by Gasteiger charge is 2.27. The van der Waals surface area contributed by atoms with Gasteiger partial charge in [0.1, 0.15) is 18.1 Å². The van der Waals surface area contributed by atoms with E-state index in [1.165, 1.54) is 49.7 Å². The summed E-state index contributed by atoms with van der Waals surface area (Å²) in [5.41, 5.74) is 5.16. The fourth-order valence-corrected chi connectivity index (χ4v) is 5.68. The average Bonchev–Trinajstić information content (AvgIpc) is 3.20. The van der Waals surface area contributed by atoms with Gasteiger partial charge in [0.05, 0.1) is 29.6 Å². The molecule has 0 unspecified atom stereocenters. The van der Waals surface area contributed by atoms with Crippen molar-refractivity contribution in [2.75, 3.05) is 18.0 Å². The third-order valence-electron chi connectivity index (χ3n) is 5.99. The van der Waals surface area contributed by atoms with Crippen LogP contribution in [0.25, 0.3) is 5.69 Å². The number of amides is 1. The molecule has 1 amide bonds. The summed E-state index contributed by atoms with van der Waals surface area (Å²) >= 11 is 6.11. The molecule has 0 saturated heterocycles. The van der Waals surface area contributed by atoms with Crippen LogP contribution in [0.5, 0.6) is 5.75 Å². The fourth-order valence-electron chi connectivity index (χ4n) is 4.08. The molecule has 0 radical (unpaired) electrons. The van der Waals surface area contributed by atoms with Gasteiger partial charge in [0.25, 0.3) is 15.9 Å². The van der Waals surface area contributed by atoms with E-state index >= 15 is 0 Å². The number of halogens is 2. The van der Waals surface area contributed by atoms with Crippen LogP contribution < -0.4 is 14.5 Å². The predicted molar refractivity (Wildman–Crippen MR) is 150 cm³/mol. The van der Waals surface area contributed by atoms with Crippen molar-refractivity contribution in [2.45, 2.75) is 18.7 Å². The zero-order valence-corrected chi connectivity index (χ0v) is 23.0. The number of carbonyl (C=O) groups is 1. The molecule has 4 aromatic rings. The third kappa shape index (κ3) is 6.13. The highest BCUT2D eigenvalue weighted by molar-refractivity contribution is 7.92. The maximum Gasteiger partial charge on any atom is 0.264 e. The summed E-state index contributed by atoms with van der Waals surface area (Å²) in [7, 11) is -2.67. The van der Waals surface area contributed by atoms with Gasteiger partial charge in [-0.1, -0.05) is 29.8 Å². The topological polar surface area (TPSA) is 93.0 Å². The van der Waals surface area contributed by atoms with Crippen LogP contribution in [0.3, 0.4) is 0 Å². The Morgan fingerprint density at radius 3 is 2.46 bits per heavy atom. The van der Waals surface area contributed by atoms with Gasteiger partial charge < -0.3 is 9.30 Å². The molecular formula is C28H26ClFN4O4S. The SMILES string of the molecule is COc1ccc(S(=O)(=O)N(CC(=O)N/N=C\c2cc(C)n(-c3ccccc3F)c2C)c2cccc(Cl)c2)cc1. The molecule has 11 heteroatoms. The molecule has 1 heterocycles. The average molecular weight is 569 g/mol. The Labute approximate surface area is 231 Å². The largest absolute Gasteiger partial charge is 0.497 e. The molecule has 0 aliphatic heterocycles. The number of aromatic nitrogens is 1. The molecule has 8 nitrogen and oxygen atoms in total. The van der Waals surface area contributed by atoms with E-state index in [9.17, 15) is 17.6 Å². The second-order valence-electron chi connectivity index (χ2n) is 8.57. The Morgan fingerprint density at radius 2 is 1.79 bits per heavy atom. The van der Waals surface area contributed by atoms with Gasteiger partial charge in [-0.05, 0) is 74.5 Å². The van der Waals surface area contributed by atoms with Gasteiger partial charge in [0.2, 0.25) is 0 Å². The van der Waals surface area contributed by atoms with Crippen LogP contribution in [0.15, 0.2) is 88.9 Å². The van der Waals surface area contributed by atoms with E-state index < -0.39 is 22.5 Å². The van der Waals surface area contributed by atoms with Crippen LogP contribution >= 0.6 is 11.6 Å². The van der Waals surface area contributed by atoms with Crippen LogP contribution in [0.4, 0.5) is 10.1 Å². The summed E-state index contributed by atoms with van der Waals surface area (Å²) in [5, 5.41) is 4.33. The Kier molecular flexibility index (Phi) is 8.37. The summed E-state index contributed by atoms with van der Waals surface area (Å²) < 4.78 is 49.2. The van der Waals surface area contributed by atoms with Crippen LogP contribution in [0.2, 0.25) is 5.02 Å². The summed E-state index contributed by atoms with van der Waals surface area (Å²) in [6.45, 7) is 3.09. The zero-order valence-electron chi connectivity index (χ0n) is 21.4. The smallest absolute Gasteiger partial charge is 0.264 e. The lowest BCUT2D eigenvalue weighted by Crippen LogP contribution is -2.39. The number of sulfonamides is 1. The first-order valence-electron chi connectivity index (χ1n) is 11.8. The van der Waals surface area contributed by atoms with Crippen molar-refractivity contribution in [3.63, 3.8) is 0 Å². The number of hydrogen-bond acceptors (Lipinski definition) is 5. The van der Waals surface area contributed by atoms with E-state index in [0.717, 1.165) is 15.7 Å². The number of ether oxygens (including phenoxy) is 1. The lowest BCUT2D eigenvalue weighted by molar-refractivity contribution is -0.119. The highest BCUT2D eigenvalue weighted by Crippen LogP contribution is 2.27. The molecular weight excluding hydrogens is 543 g/mol. The van der Waals surface area contributed by atoms with E-state index in [0.29, 0.717) is 22.0 Å². The Hall–Kier alpha value is -4.15. The number of benzene rings is 3. The molecule has 39 heavy (non-hydrogen) atoms. The van der Waals surface area contributed by atoms with Gasteiger partial charge in [0.15, 0.2) is 0 Å². The molecule has 1 aromatic heterocycles. The Bertz CT molecular complexity index is 1640. The van der Waals surface area contributed by atoms with Crippen molar-refractivity contribution in [1.82, 2.24) is 9.99 Å². The number of methoxy groups -OCH3 is 1. The quantitative estimate of drug-likeness (QED) is 0.221. The van der Waals surface area contributed by atoms with Crippen molar-refractivity contribution in [3.8, 4) is 11.4 Å². The first-order chi connectivity index (χ1) is 18.6. The van der Waals surface area contributed by atoms with Crippen LogP contribution in [0.1, 0.15) is 17.0 Å². The molecule has 0 aliphatic carbocycles. The van der Waals surface area contributed by atoms with Gasteiger partial charge in [-0.15, -0.1) is 0 Å². The number of hydrazone groups is 1. The number of nitrogens with one attached hydrogen (secondary N) is 1. The Balaban J connectivity index is 1.56. The van der Waals surface area contributed by atoms with Gasteiger partial charge in [-0.3, -0.25) is 9.10 Å². The number of carbonyl (C=O) groups excluding carboxylic acids is 1. The highest BCUT2D eigenvalue weighted by atomic mass is 35.5. The van der Waals surface area contributed by atoms with Crippen molar-refractivity contribution >= 4 is 39.4 Å². The number of rotatable bonds is 9. The number of hydrogen-bond donors (Lipinski definition) is 1. The molecule has 0 spiro atoms. The van der Waals surface area contributed by atoms with Crippen molar-refractivity contribution in [2.24, 2.45) is 5.10 Å². The minimum absolute atomic E-state index is 0.0276. The minimum Gasteiger partial charge on any atom is -0.497 e. The first kappa shape index (κ1) is 27.9. The summed E-state index contributed by atoms with van der Waals surface area (Å²) in [4.78, 5) is 12.8. The fraction of sp³-hybridized carbons (Fsp3) is 0.143. The van der Waals surface area contributed by atoms with E-state index in [1.807, 2.05) is 19.9 Å². The third-order valence-corrected chi connectivity index (χ3v) is 8.01. The van der Waals surface area contributed by atoms with E-state index in [2.05, 4.69) is 10.5 Å². The predicted octanol–water partition coefficient (Wildman–Crippen LogP) is 5.24. The Morgan fingerprint density at radius 1 is 1.08 bits per heavy atom. The van der Waals surface area contributed by atoms with Crippen molar-refractivity contribution in [1.29, 1.82) is 0 Å². The molecule has 0 bridgehead atoms. The van der Waals surface area contributed by atoms with Crippen LogP contribution in [0, 0.1) is 19.7 Å². The van der Waals surface area contributed by atoms with Gasteiger partial charge in [-0.25, -0.2) is 18.2 Å². The maximum absolute atomic E-state index is 14.4. The number of nitrogens with zero attached hydrogens (tertiary/aromatic N) is 3. The van der Waals surface area contributed by atoms with Crippen molar-refractivity contribution in [3.05, 3.63) is 107 Å². The monoisotopic (exact) mass is 568 g/mol. The molecule has 202 valence electrons. The standard InChI is InChI=1S/C28H26ClFN4O4S/c1-19-15-21(20(2)34(19)27-10-5-4-9-26(27)30)17-31-32-28(35)18-33(23-8-6-7-22(29)16-23)39(36,37)25-13-11-24(38-3)12-14-25/h4-17H,18H2,1-3H3,(H,32,35)/b31-17-. The molecule has 0 aliphatic rings. The first-order valence-corrected chi connectivity index (χ1v) is 13.6. The summed E-state index contributed by atoms with van der Waals surface area (Å²) in [6, 6.07) is 20.3. The van der Waals surface area contributed by atoms with Crippen LogP contribution in [-0.4, -0.2) is 38.8 Å². The van der Waals surface area contributed by atoms with Gasteiger partial charge in [0, 0.05) is 22.0 Å². The molecule has 0 fully saturated rings. The molecule has 0 atom stereocenters. The van der Waals surface area contributed by atoms with Gasteiger partial charge >= 0.3 is 0 Å². The molecule has 3 aromatic carbocycles. The second kappa shape index (κ2) is 11.7. The van der Waals surface area contributed by atoms with Gasteiger partial charge in [-0.2, -0.15) is 5.10 Å². The summed E-state index contributed by atoms with van der Waals surface area (Å²) in [6.07, 6.45) is 1.43. The van der Waals surface area contributed by atoms with Crippen molar-refractivity contribution < 1.29 is 22.3 Å². The van der Waals surface area contributed by atoms with E-state index in [-0.39, 0.29) is 16.4 Å². The number of aryl methyl sites for hydroxylation is 1. The zero-order chi connectivity index (χ0) is 28.2. The lowest BCUT2D eigenvalue weighted by atomic mass is 10.2. The lowest BCUT2D eigenvalue weighted by Gasteiger charge is -2.24. The van der Waals surface area contributed by atoms with E-state index in [4.69, 9.17) is 16.3 Å².